The zero-order chi connectivity index (χ0) is 12.3. The van der Waals surface area contributed by atoms with Crippen LogP contribution in [0.2, 0.25) is 5.02 Å². The van der Waals surface area contributed by atoms with E-state index in [1.165, 1.54) is 37.1 Å². The molecule has 1 aromatic carbocycles. The third kappa shape index (κ3) is 3.70. The van der Waals surface area contributed by atoms with Crippen LogP contribution in [0.15, 0.2) is 18.2 Å². The van der Waals surface area contributed by atoms with Crippen molar-refractivity contribution in [2.45, 2.75) is 26.3 Å². The fourth-order valence-corrected chi connectivity index (χ4v) is 3.26. The minimum Gasteiger partial charge on any atom is -0.299 e. The number of halogens is 2. The van der Waals surface area contributed by atoms with Crippen molar-refractivity contribution in [2.75, 3.05) is 18.4 Å². The molecule has 0 unspecified atom stereocenters. The average molecular weight is 317 g/mol. The van der Waals surface area contributed by atoms with Crippen LogP contribution in [-0.4, -0.2) is 23.3 Å². The molecule has 1 aromatic rings. The number of aryl methyl sites for hydroxylation is 1. The molecule has 2 rings (SSSR count). The maximum absolute atomic E-state index is 6.27. The molecule has 1 nitrogen and oxygen atoms in total. The number of hydrogen-bond donors (Lipinski definition) is 0. The summed E-state index contributed by atoms with van der Waals surface area (Å²) < 4.78 is 0. The van der Waals surface area contributed by atoms with Gasteiger partial charge < -0.3 is 0 Å². The van der Waals surface area contributed by atoms with Gasteiger partial charge in [-0.2, -0.15) is 0 Å². The second kappa shape index (κ2) is 6.21. The summed E-state index contributed by atoms with van der Waals surface area (Å²) >= 11 is 9.85. The van der Waals surface area contributed by atoms with E-state index in [-0.39, 0.29) is 0 Å². The Bertz CT molecular complexity index is 372. The molecule has 0 bridgehead atoms. The predicted molar refractivity (Wildman–Crippen MR) is 78.0 cm³/mol. The van der Waals surface area contributed by atoms with E-state index >= 15 is 0 Å². The van der Waals surface area contributed by atoms with E-state index in [0.717, 1.165) is 22.8 Å². The Morgan fingerprint density at radius 2 is 2.06 bits per heavy atom. The van der Waals surface area contributed by atoms with Crippen molar-refractivity contribution in [1.29, 1.82) is 0 Å². The quantitative estimate of drug-likeness (QED) is 0.753. The van der Waals surface area contributed by atoms with Crippen LogP contribution in [0.4, 0.5) is 0 Å². The molecule has 0 aliphatic carbocycles. The molecule has 0 spiro atoms. The molecule has 1 fully saturated rings. The van der Waals surface area contributed by atoms with Crippen LogP contribution in [-0.2, 0) is 6.54 Å². The lowest BCUT2D eigenvalue weighted by molar-refractivity contribution is 0.187. The van der Waals surface area contributed by atoms with Crippen LogP contribution < -0.4 is 0 Å². The van der Waals surface area contributed by atoms with Crippen LogP contribution in [0.3, 0.4) is 0 Å². The minimum absolute atomic E-state index is 0.861. The third-order valence-corrected chi connectivity index (χ3v) is 4.80. The Labute approximate surface area is 117 Å². The van der Waals surface area contributed by atoms with Crippen LogP contribution in [0.5, 0.6) is 0 Å². The Balaban J connectivity index is 1.93. The number of alkyl halides is 1. The van der Waals surface area contributed by atoms with Gasteiger partial charge in [-0.15, -0.1) is 0 Å². The molecule has 1 aliphatic rings. The number of hydrogen-bond acceptors (Lipinski definition) is 1. The molecule has 1 heterocycles. The zero-order valence-electron chi connectivity index (χ0n) is 10.3. The summed E-state index contributed by atoms with van der Waals surface area (Å²) in [5.41, 5.74) is 2.49. The molecular weight excluding hydrogens is 298 g/mol. The summed E-state index contributed by atoms with van der Waals surface area (Å²) in [6, 6.07) is 6.36. The highest BCUT2D eigenvalue weighted by molar-refractivity contribution is 9.09. The van der Waals surface area contributed by atoms with Gasteiger partial charge in [-0.3, -0.25) is 4.90 Å². The van der Waals surface area contributed by atoms with E-state index in [9.17, 15) is 0 Å². The molecule has 1 saturated heterocycles. The van der Waals surface area contributed by atoms with Crippen LogP contribution in [0, 0.1) is 12.8 Å². The number of nitrogens with zero attached hydrogens (tertiary/aromatic N) is 1. The van der Waals surface area contributed by atoms with Gasteiger partial charge in [0.05, 0.1) is 0 Å². The van der Waals surface area contributed by atoms with Crippen molar-refractivity contribution in [3.63, 3.8) is 0 Å². The van der Waals surface area contributed by atoms with E-state index < -0.39 is 0 Å². The summed E-state index contributed by atoms with van der Waals surface area (Å²) in [7, 11) is 0. The fourth-order valence-electron chi connectivity index (χ4n) is 2.32. The molecule has 0 atom stereocenters. The number of likely N-dealkylation sites (tertiary alicyclic amines) is 1. The first-order chi connectivity index (χ1) is 8.19. The van der Waals surface area contributed by atoms with Gasteiger partial charge in [-0.25, -0.2) is 0 Å². The maximum Gasteiger partial charge on any atom is 0.0453 e. The molecule has 0 saturated carbocycles. The highest BCUT2D eigenvalue weighted by Crippen LogP contribution is 2.23. The number of rotatable bonds is 3. The van der Waals surface area contributed by atoms with Gasteiger partial charge in [-0.05, 0) is 56.0 Å². The SMILES string of the molecule is Cc1ccc(CN2CCC(CBr)CC2)c(Cl)c1. The molecule has 0 aromatic heterocycles. The summed E-state index contributed by atoms with van der Waals surface area (Å²) in [4.78, 5) is 2.51. The van der Waals surface area contributed by atoms with Crippen molar-refractivity contribution in [1.82, 2.24) is 4.90 Å². The Kier molecular flexibility index (Phi) is 4.89. The topological polar surface area (TPSA) is 3.24 Å². The van der Waals surface area contributed by atoms with Gasteiger partial charge in [0, 0.05) is 16.9 Å². The summed E-state index contributed by atoms with van der Waals surface area (Å²) in [5.74, 6) is 0.861. The fraction of sp³-hybridized carbons (Fsp3) is 0.571. The van der Waals surface area contributed by atoms with Crippen molar-refractivity contribution in [3.8, 4) is 0 Å². The minimum atomic E-state index is 0.861. The first-order valence-corrected chi connectivity index (χ1v) is 7.72. The van der Waals surface area contributed by atoms with Crippen molar-refractivity contribution in [3.05, 3.63) is 34.3 Å². The molecular formula is C14H19BrClN. The molecule has 3 heteroatoms. The van der Waals surface area contributed by atoms with Gasteiger partial charge in [0.25, 0.3) is 0 Å². The van der Waals surface area contributed by atoms with Crippen LogP contribution >= 0.6 is 27.5 Å². The van der Waals surface area contributed by atoms with E-state index in [4.69, 9.17) is 11.6 Å². The summed E-state index contributed by atoms with van der Waals surface area (Å²) in [6.45, 7) is 5.46. The highest BCUT2D eigenvalue weighted by Gasteiger charge is 2.18. The Morgan fingerprint density at radius 1 is 1.35 bits per heavy atom. The predicted octanol–water partition coefficient (Wildman–Crippen LogP) is 4.26. The lowest BCUT2D eigenvalue weighted by Gasteiger charge is -2.31. The third-order valence-electron chi connectivity index (χ3n) is 3.53. The number of piperidine rings is 1. The van der Waals surface area contributed by atoms with Crippen molar-refractivity contribution < 1.29 is 0 Å². The second-order valence-electron chi connectivity index (χ2n) is 4.97. The van der Waals surface area contributed by atoms with Gasteiger partial charge in [-0.1, -0.05) is 39.7 Å². The largest absolute Gasteiger partial charge is 0.299 e. The first-order valence-electron chi connectivity index (χ1n) is 6.22. The Hall–Kier alpha value is -0.0500. The smallest absolute Gasteiger partial charge is 0.0453 e. The standard InChI is InChI=1S/C14H19BrClN/c1-11-2-3-13(14(16)8-11)10-17-6-4-12(9-15)5-7-17/h2-3,8,12H,4-7,9-10H2,1H3. The first kappa shape index (κ1) is 13.4. The van der Waals surface area contributed by atoms with E-state index in [1.807, 2.05) is 0 Å². The van der Waals surface area contributed by atoms with Crippen LogP contribution in [0.25, 0.3) is 0 Å². The lowest BCUT2D eigenvalue weighted by Crippen LogP contribution is -2.33. The Morgan fingerprint density at radius 3 is 2.65 bits per heavy atom. The van der Waals surface area contributed by atoms with Gasteiger partial charge in [0.1, 0.15) is 0 Å². The lowest BCUT2D eigenvalue weighted by atomic mass is 9.98. The number of benzene rings is 1. The maximum atomic E-state index is 6.27. The second-order valence-corrected chi connectivity index (χ2v) is 6.02. The average Bonchev–Trinajstić information content (AvgIpc) is 2.34. The van der Waals surface area contributed by atoms with Crippen molar-refractivity contribution in [2.24, 2.45) is 5.92 Å². The normalized spacial score (nSPS) is 18.5. The van der Waals surface area contributed by atoms with Gasteiger partial charge in [0.15, 0.2) is 0 Å². The summed E-state index contributed by atoms with van der Waals surface area (Å²) in [6.07, 6.45) is 2.60. The van der Waals surface area contributed by atoms with E-state index in [2.05, 4.69) is 46.0 Å². The highest BCUT2D eigenvalue weighted by atomic mass is 79.9. The monoisotopic (exact) mass is 315 g/mol. The molecule has 0 amide bonds. The zero-order valence-corrected chi connectivity index (χ0v) is 12.6. The van der Waals surface area contributed by atoms with Gasteiger partial charge in [0.2, 0.25) is 0 Å². The van der Waals surface area contributed by atoms with E-state index in [0.29, 0.717) is 0 Å². The van der Waals surface area contributed by atoms with Crippen LogP contribution in [0.1, 0.15) is 24.0 Å². The molecule has 94 valence electrons. The van der Waals surface area contributed by atoms with E-state index in [1.54, 1.807) is 0 Å². The molecule has 0 N–H and O–H groups in total. The molecule has 0 radical (unpaired) electrons. The molecule has 17 heavy (non-hydrogen) atoms. The summed E-state index contributed by atoms with van der Waals surface area (Å²) in [5, 5.41) is 2.05. The van der Waals surface area contributed by atoms with Crippen molar-refractivity contribution >= 4 is 27.5 Å². The molecule has 1 aliphatic heterocycles. The van der Waals surface area contributed by atoms with Gasteiger partial charge >= 0.3 is 0 Å².